The van der Waals surface area contributed by atoms with Crippen molar-refractivity contribution in [1.29, 1.82) is 0 Å². The molecule has 0 saturated carbocycles. The van der Waals surface area contributed by atoms with Crippen molar-refractivity contribution < 1.29 is 18.0 Å². The second kappa shape index (κ2) is 8.76. The van der Waals surface area contributed by atoms with Crippen LogP contribution >= 0.6 is 11.3 Å². The monoisotopic (exact) mass is 494 g/mol. The van der Waals surface area contributed by atoms with Crippen LogP contribution in [0.4, 0.5) is 35.4 Å². The van der Waals surface area contributed by atoms with Crippen LogP contribution in [0.3, 0.4) is 0 Å². The predicted octanol–water partition coefficient (Wildman–Crippen LogP) is 6.05. The smallest absolute Gasteiger partial charge is 0.397 e. The number of carbonyl (C=O) groups is 1. The Balaban J connectivity index is 1.36. The van der Waals surface area contributed by atoms with Gasteiger partial charge in [0.1, 0.15) is 17.0 Å². The quantitative estimate of drug-likeness (QED) is 0.258. The third-order valence-electron chi connectivity index (χ3n) is 5.15. The van der Waals surface area contributed by atoms with Crippen molar-refractivity contribution in [3.8, 4) is 11.4 Å². The van der Waals surface area contributed by atoms with E-state index >= 15 is 0 Å². The van der Waals surface area contributed by atoms with Gasteiger partial charge in [0, 0.05) is 22.8 Å². The predicted molar refractivity (Wildman–Crippen MR) is 130 cm³/mol. The molecule has 5 aromatic rings. The van der Waals surface area contributed by atoms with Crippen LogP contribution in [0.25, 0.3) is 17.0 Å². The Hall–Kier alpha value is -4.38. The van der Waals surface area contributed by atoms with Crippen molar-refractivity contribution in [2.75, 3.05) is 16.4 Å². The van der Waals surface area contributed by atoms with Crippen molar-refractivity contribution in [1.82, 2.24) is 14.4 Å². The highest BCUT2D eigenvalue weighted by Crippen LogP contribution is 2.38. The van der Waals surface area contributed by atoms with Crippen LogP contribution in [0.15, 0.2) is 78.3 Å². The van der Waals surface area contributed by atoms with Gasteiger partial charge in [-0.3, -0.25) is 9.20 Å². The largest absolute Gasteiger partial charge is 0.435 e. The molecule has 0 bridgehead atoms. The average molecular weight is 495 g/mol. The number of amides is 1. The standard InChI is InChI=1S/C24H17F3N6OS/c25-24(26,27)21-20(33-12-4-3-7-19(33)32-21)18-13-35-23(31-18)29-15-10-8-14(9-11-15)22(34)30-17-6-2-1-5-16(17)28/h1-13H,28H2,(H,29,31)(H,30,34). The number of imidazole rings is 1. The molecule has 0 fully saturated rings. The van der Waals surface area contributed by atoms with E-state index < -0.39 is 11.9 Å². The number of hydrogen-bond acceptors (Lipinski definition) is 6. The number of pyridine rings is 1. The minimum absolute atomic E-state index is 0.121. The fourth-order valence-electron chi connectivity index (χ4n) is 3.51. The van der Waals surface area contributed by atoms with E-state index in [0.29, 0.717) is 27.8 Å². The minimum atomic E-state index is -4.63. The summed E-state index contributed by atoms with van der Waals surface area (Å²) >= 11 is 1.16. The van der Waals surface area contributed by atoms with Crippen LogP contribution in [0.2, 0.25) is 0 Å². The highest BCUT2D eigenvalue weighted by molar-refractivity contribution is 7.14. The molecule has 0 aliphatic rings. The number of benzene rings is 2. The Kier molecular flexibility index (Phi) is 5.61. The molecule has 1 amide bonds. The number of fused-ring (bicyclic) bond motifs is 1. The van der Waals surface area contributed by atoms with Crippen LogP contribution in [0.5, 0.6) is 0 Å². The van der Waals surface area contributed by atoms with Crippen LogP contribution in [0.1, 0.15) is 16.1 Å². The summed E-state index contributed by atoms with van der Waals surface area (Å²) < 4.78 is 42.3. The van der Waals surface area contributed by atoms with Gasteiger partial charge in [0.25, 0.3) is 5.91 Å². The lowest BCUT2D eigenvalue weighted by Crippen LogP contribution is -2.13. The number of para-hydroxylation sites is 2. The normalized spacial score (nSPS) is 11.5. The minimum Gasteiger partial charge on any atom is -0.397 e. The Morgan fingerprint density at radius 3 is 2.46 bits per heavy atom. The van der Waals surface area contributed by atoms with Gasteiger partial charge in [-0.1, -0.05) is 18.2 Å². The molecule has 11 heteroatoms. The van der Waals surface area contributed by atoms with E-state index in [0.717, 1.165) is 11.3 Å². The van der Waals surface area contributed by atoms with E-state index in [1.54, 1.807) is 66.0 Å². The number of hydrogen-bond donors (Lipinski definition) is 3. The first-order valence-electron chi connectivity index (χ1n) is 10.3. The van der Waals surface area contributed by atoms with Crippen molar-refractivity contribution in [3.05, 3.63) is 89.6 Å². The number of alkyl halides is 3. The highest BCUT2D eigenvalue weighted by Gasteiger charge is 2.39. The summed E-state index contributed by atoms with van der Waals surface area (Å²) in [5, 5.41) is 7.75. The molecule has 7 nitrogen and oxygen atoms in total. The molecule has 0 aliphatic heterocycles. The molecule has 35 heavy (non-hydrogen) atoms. The Bertz CT molecular complexity index is 1520. The van der Waals surface area contributed by atoms with Crippen molar-refractivity contribution in [2.24, 2.45) is 0 Å². The lowest BCUT2D eigenvalue weighted by atomic mass is 10.2. The fraction of sp³-hybridized carbons (Fsp3) is 0.0417. The maximum Gasteiger partial charge on any atom is 0.435 e. The van der Waals surface area contributed by atoms with Crippen LogP contribution < -0.4 is 16.4 Å². The number of nitrogens with zero attached hydrogens (tertiary/aromatic N) is 3. The molecule has 0 aliphatic carbocycles. The Morgan fingerprint density at radius 2 is 1.71 bits per heavy atom. The first-order chi connectivity index (χ1) is 16.8. The van der Waals surface area contributed by atoms with E-state index in [9.17, 15) is 18.0 Å². The molecule has 5 rings (SSSR count). The molecule has 0 unspecified atom stereocenters. The number of carbonyl (C=O) groups excluding carboxylic acids is 1. The summed E-state index contributed by atoms with van der Waals surface area (Å²) in [5.74, 6) is -0.321. The van der Waals surface area contributed by atoms with Gasteiger partial charge in [-0.25, -0.2) is 9.97 Å². The number of nitrogen functional groups attached to an aromatic ring is 1. The maximum atomic E-state index is 13.6. The van der Waals surface area contributed by atoms with Gasteiger partial charge in [0.2, 0.25) is 0 Å². The zero-order valence-electron chi connectivity index (χ0n) is 17.9. The average Bonchev–Trinajstić information content (AvgIpc) is 3.45. The fourth-order valence-corrected chi connectivity index (χ4v) is 4.23. The molecular formula is C24H17F3N6OS. The summed E-state index contributed by atoms with van der Waals surface area (Å²) in [6.45, 7) is 0. The van der Waals surface area contributed by atoms with Crippen molar-refractivity contribution >= 4 is 45.1 Å². The molecule has 0 spiro atoms. The number of rotatable bonds is 5. The Morgan fingerprint density at radius 1 is 0.971 bits per heavy atom. The van der Waals surface area contributed by atoms with Gasteiger partial charge in [0.05, 0.1) is 11.4 Å². The molecule has 176 valence electrons. The SMILES string of the molecule is Nc1ccccc1NC(=O)c1ccc(Nc2nc(-c3c(C(F)(F)F)nc4ccccn34)cs2)cc1. The molecule has 0 atom stereocenters. The molecular weight excluding hydrogens is 477 g/mol. The van der Waals surface area contributed by atoms with Gasteiger partial charge in [-0.05, 0) is 48.5 Å². The molecule has 4 N–H and O–H groups in total. The van der Waals surface area contributed by atoms with Gasteiger partial charge >= 0.3 is 6.18 Å². The number of anilines is 4. The Labute approximate surface area is 201 Å². The molecule has 0 radical (unpaired) electrons. The molecule has 3 aromatic heterocycles. The maximum absolute atomic E-state index is 13.6. The van der Waals surface area contributed by atoms with Gasteiger partial charge in [-0.2, -0.15) is 13.2 Å². The van der Waals surface area contributed by atoms with Gasteiger partial charge in [-0.15, -0.1) is 11.3 Å². The summed E-state index contributed by atoms with van der Waals surface area (Å²) in [6, 6.07) is 18.3. The summed E-state index contributed by atoms with van der Waals surface area (Å²) in [4.78, 5) is 20.6. The number of aromatic nitrogens is 3. The van der Waals surface area contributed by atoms with E-state index in [1.807, 2.05) is 0 Å². The van der Waals surface area contributed by atoms with E-state index in [4.69, 9.17) is 5.73 Å². The third kappa shape index (κ3) is 4.53. The topological polar surface area (TPSA) is 97.3 Å². The first-order valence-corrected chi connectivity index (χ1v) is 11.2. The van der Waals surface area contributed by atoms with Crippen LogP contribution in [-0.2, 0) is 6.18 Å². The number of nitrogens with two attached hydrogens (primary N) is 1. The summed E-state index contributed by atoms with van der Waals surface area (Å²) in [6.07, 6.45) is -3.11. The molecule has 0 saturated heterocycles. The molecule has 3 heterocycles. The van der Waals surface area contributed by atoms with Crippen molar-refractivity contribution in [2.45, 2.75) is 6.18 Å². The second-order valence-corrected chi connectivity index (χ2v) is 8.38. The number of halogens is 3. The lowest BCUT2D eigenvalue weighted by Gasteiger charge is -2.09. The zero-order valence-corrected chi connectivity index (χ0v) is 18.7. The van der Waals surface area contributed by atoms with Crippen molar-refractivity contribution in [3.63, 3.8) is 0 Å². The lowest BCUT2D eigenvalue weighted by molar-refractivity contribution is -0.140. The van der Waals surface area contributed by atoms with Gasteiger partial charge in [0.15, 0.2) is 10.8 Å². The summed E-state index contributed by atoms with van der Waals surface area (Å²) in [5.41, 5.74) is 7.09. The van der Waals surface area contributed by atoms with Gasteiger partial charge < -0.3 is 16.4 Å². The second-order valence-electron chi connectivity index (χ2n) is 7.52. The third-order valence-corrected chi connectivity index (χ3v) is 5.91. The van der Waals surface area contributed by atoms with E-state index in [1.165, 1.54) is 16.7 Å². The van der Waals surface area contributed by atoms with E-state index in [-0.39, 0.29) is 22.9 Å². The zero-order chi connectivity index (χ0) is 24.6. The van der Waals surface area contributed by atoms with Crippen LogP contribution in [-0.4, -0.2) is 20.3 Å². The number of thiazole rings is 1. The van der Waals surface area contributed by atoms with E-state index in [2.05, 4.69) is 20.6 Å². The number of nitrogens with one attached hydrogen (secondary N) is 2. The molecule has 2 aromatic carbocycles. The van der Waals surface area contributed by atoms with Crippen LogP contribution in [0, 0.1) is 0 Å². The first kappa shape index (κ1) is 22.4. The highest BCUT2D eigenvalue weighted by atomic mass is 32.1. The summed E-state index contributed by atoms with van der Waals surface area (Å²) in [7, 11) is 0.